The van der Waals surface area contributed by atoms with E-state index in [1.165, 1.54) is 12.1 Å². The van der Waals surface area contributed by atoms with E-state index < -0.39 is 0 Å². The van der Waals surface area contributed by atoms with Crippen LogP contribution < -0.4 is 10.6 Å². The van der Waals surface area contributed by atoms with Gasteiger partial charge in [-0.2, -0.15) is 0 Å². The van der Waals surface area contributed by atoms with Gasteiger partial charge < -0.3 is 5.32 Å². The molecule has 2 atom stereocenters. The van der Waals surface area contributed by atoms with Crippen molar-refractivity contribution in [3.05, 3.63) is 34.6 Å². The summed E-state index contributed by atoms with van der Waals surface area (Å²) < 4.78 is 12.9. The van der Waals surface area contributed by atoms with Gasteiger partial charge in [-0.25, -0.2) is 4.39 Å². The Morgan fingerprint density at radius 1 is 1.63 bits per heavy atom. The van der Waals surface area contributed by atoms with Gasteiger partial charge in [-0.1, -0.05) is 17.7 Å². The number of hydrogen-bond donors (Lipinski definition) is 2. The van der Waals surface area contributed by atoms with Crippen LogP contribution in [0.15, 0.2) is 18.2 Å². The van der Waals surface area contributed by atoms with Crippen molar-refractivity contribution in [2.75, 3.05) is 11.6 Å². The zero-order valence-corrected chi connectivity index (χ0v) is 12.7. The van der Waals surface area contributed by atoms with Gasteiger partial charge >= 0.3 is 0 Å². The summed E-state index contributed by atoms with van der Waals surface area (Å²) in [7, 11) is 0. The molecule has 2 rings (SSSR count). The fraction of sp³-hybridized carbons (Fsp3) is 0.417. The average Bonchev–Trinajstić information content (AvgIpc) is 2.81. The normalized spacial score (nSPS) is 19.6. The Bertz CT molecular complexity index is 455. The minimum absolute atomic E-state index is 0. The van der Waals surface area contributed by atoms with Gasteiger partial charge in [0.1, 0.15) is 5.82 Å². The highest BCUT2D eigenvalue weighted by molar-refractivity contribution is 7.99. The van der Waals surface area contributed by atoms with E-state index in [4.69, 9.17) is 11.6 Å². The molecule has 0 bridgehead atoms. The maximum Gasteiger partial charge on any atom is 0.238 e. The lowest BCUT2D eigenvalue weighted by Crippen LogP contribution is -2.42. The topological polar surface area (TPSA) is 41.1 Å². The van der Waals surface area contributed by atoms with Crippen molar-refractivity contribution in [2.24, 2.45) is 0 Å². The molecule has 106 valence electrons. The molecule has 1 aliphatic heterocycles. The third-order valence-corrected chi connectivity index (χ3v) is 4.09. The van der Waals surface area contributed by atoms with Crippen molar-refractivity contribution < 1.29 is 9.18 Å². The van der Waals surface area contributed by atoms with E-state index in [-0.39, 0.29) is 36.2 Å². The molecule has 1 fully saturated rings. The van der Waals surface area contributed by atoms with Crippen LogP contribution in [0.2, 0.25) is 5.02 Å². The molecule has 7 heteroatoms. The van der Waals surface area contributed by atoms with Gasteiger partial charge in [0.05, 0.1) is 12.1 Å². The number of carbonyl (C=O) groups excluding carboxylic acids is 1. The number of carbonyl (C=O) groups is 1. The number of benzene rings is 1. The Morgan fingerprint density at radius 2 is 2.37 bits per heavy atom. The molecule has 1 amide bonds. The summed E-state index contributed by atoms with van der Waals surface area (Å²) in [4.78, 5) is 11.9. The second-order valence-corrected chi connectivity index (χ2v) is 5.61. The highest BCUT2D eigenvalue weighted by Gasteiger charge is 2.24. The highest BCUT2D eigenvalue weighted by Crippen LogP contribution is 2.24. The second-order valence-electron chi connectivity index (χ2n) is 4.17. The van der Waals surface area contributed by atoms with Crippen molar-refractivity contribution in [3.8, 4) is 0 Å². The van der Waals surface area contributed by atoms with E-state index in [2.05, 4.69) is 10.6 Å². The molecule has 2 N–H and O–H groups in total. The first-order valence-corrected chi connectivity index (χ1v) is 7.17. The number of amides is 1. The van der Waals surface area contributed by atoms with E-state index in [1.54, 1.807) is 17.8 Å². The maximum absolute atomic E-state index is 12.9. The van der Waals surface area contributed by atoms with Crippen LogP contribution in [0.3, 0.4) is 0 Å². The molecule has 0 spiro atoms. The molecule has 3 nitrogen and oxygen atoms in total. The SMILES string of the molecule is CC(NC(=O)C1CSCN1)c1ccc(F)cc1Cl.Cl. The number of nitrogens with one attached hydrogen (secondary N) is 2. The minimum atomic E-state index is -0.379. The van der Waals surface area contributed by atoms with Crippen LogP contribution in [0.25, 0.3) is 0 Å². The number of hydrogen-bond acceptors (Lipinski definition) is 3. The number of rotatable bonds is 3. The van der Waals surface area contributed by atoms with Gasteiger partial charge in [-0.05, 0) is 24.6 Å². The molecular formula is C12H15Cl2FN2OS. The molecule has 1 saturated heterocycles. The average molecular weight is 325 g/mol. The Hall–Kier alpha value is -0.490. The smallest absolute Gasteiger partial charge is 0.238 e. The van der Waals surface area contributed by atoms with Gasteiger partial charge in [0.15, 0.2) is 0 Å². The molecule has 0 saturated carbocycles. The molecule has 0 radical (unpaired) electrons. The van der Waals surface area contributed by atoms with Gasteiger partial charge in [-0.3, -0.25) is 10.1 Å². The molecular weight excluding hydrogens is 310 g/mol. The van der Waals surface area contributed by atoms with Crippen molar-refractivity contribution in [3.63, 3.8) is 0 Å². The van der Waals surface area contributed by atoms with Crippen LogP contribution in [0, 0.1) is 5.82 Å². The van der Waals surface area contributed by atoms with Crippen molar-refractivity contribution in [2.45, 2.75) is 19.0 Å². The lowest BCUT2D eigenvalue weighted by Gasteiger charge is -2.18. The zero-order chi connectivity index (χ0) is 13.1. The van der Waals surface area contributed by atoms with Gasteiger partial charge in [-0.15, -0.1) is 24.2 Å². The molecule has 0 aromatic heterocycles. The summed E-state index contributed by atoms with van der Waals surface area (Å²) in [6.45, 7) is 1.83. The fourth-order valence-electron chi connectivity index (χ4n) is 1.81. The van der Waals surface area contributed by atoms with E-state index in [9.17, 15) is 9.18 Å². The maximum atomic E-state index is 12.9. The first-order valence-electron chi connectivity index (χ1n) is 5.64. The van der Waals surface area contributed by atoms with Crippen molar-refractivity contribution >= 4 is 41.7 Å². The summed E-state index contributed by atoms with van der Waals surface area (Å²) in [5.41, 5.74) is 0.720. The summed E-state index contributed by atoms with van der Waals surface area (Å²) in [5, 5.41) is 6.30. The van der Waals surface area contributed by atoms with Crippen LogP contribution in [0.4, 0.5) is 4.39 Å². The summed E-state index contributed by atoms with van der Waals surface area (Å²) >= 11 is 7.65. The Morgan fingerprint density at radius 3 is 2.95 bits per heavy atom. The van der Waals surface area contributed by atoms with Crippen molar-refractivity contribution in [1.29, 1.82) is 0 Å². The first-order chi connectivity index (χ1) is 8.58. The fourth-order valence-corrected chi connectivity index (χ4v) is 3.08. The summed E-state index contributed by atoms with van der Waals surface area (Å²) in [6, 6.07) is 3.80. The third-order valence-electron chi connectivity index (χ3n) is 2.82. The standard InChI is InChI=1S/C12H14ClFN2OS.ClH/c1-7(9-3-2-8(14)4-10(9)13)16-12(17)11-5-18-6-15-11;/h2-4,7,11,15H,5-6H2,1H3,(H,16,17);1H. The Balaban J connectivity index is 0.00000180. The van der Waals surface area contributed by atoms with Crippen LogP contribution in [-0.4, -0.2) is 23.6 Å². The van der Waals surface area contributed by atoms with E-state index in [0.29, 0.717) is 5.02 Å². The second kappa shape index (κ2) is 7.33. The third kappa shape index (κ3) is 4.24. The van der Waals surface area contributed by atoms with Crippen LogP contribution in [-0.2, 0) is 4.79 Å². The van der Waals surface area contributed by atoms with Gasteiger partial charge in [0.2, 0.25) is 5.91 Å². The van der Waals surface area contributed by atoms with Crippen molar-refractivity contribution in [1.82, 2.24) is 10.6 Å². The summed E-state index contributed by atoms with van der Waals surface area (Å²) in [5.74, 6) is 1.14. The van der Waals surface area contributed by atoms with Crippen LogP contribution in [0.5, 0.6) is 0 Å². The lowest BCUT2D eigenvalue weighted by atomic mass is 10.1. The van der Waals surface area contributed by atoms with Crippen LogP contribution >= 0.6 is 35.8 Å². The predicted octanol–water partition coefficient (Wildman–Crippen LogP) is 2.74. The minimum Gasteiger partial charge on any atom is -0.348 e. The zero-order valence-electron chi connectivity index (χ0n) is 10.3. The van der Waals surface area contributed by atoms with E-state index >= 15 is 0 Å². The molecule has 0 aliphatic carbocycles. The molecule has 1 aromatic carbocycles. The number of thioether (sulfide) groups is 1. The summed E-state index contributed by atoms with van der Waals surface area (Å²) in [6.07, 6.45) is 0. The molecule has 1 aliphatic rings. The van der Waals surface area contributed by atoms with E-state index in [1.807, 2.05) is 6.92 Å². The Labute approximate surface area is 127 Å². The predicted molar refractivity (Wildman–Crippen MR) is 79.5 cm³/mol. The lowest BCUT2D eigenvalue weighted by molar-refractivity contribution is -0.123. The quantitative estimate of drug-likeness (QED) is 0.898. The van der Waals surface area contributed by atoms with Gasteiger partial charge in [0.25, 0.3) is 0 Å². The number of halogens is 3. The van der Waals surface area contributed by atoms with E-state index in [0.717, 1.165) is 17.2 Å². The largest absolute Gasteiger partial charge is 0.348 e. The molecule has 19 heavy (non-hydrogen) atoms. The molecule has 2 unspecified atom stereocenters. The Kier molecular flexibility index (Phi) is 6.39. The van der Waals surface area contributed by atoms with Gasteiger partial charge in [0, 0.05) is 16.7 Å². The van der Waals surface area contributed by atoms with Crippen LogP contribution in [0.1, 0.15) is 18.5 Å². The molecule has 1 aromatic rings. The molecule has 1 heterocycles. The highest BCUT2D eigenvalue weighted by atomic mass is 35.5. The monoisotopic (exact) mass is 324 g/mol. The first kappa shape index (κ1) is 16.6.